The van der Waals surface area contributed by atoms with Gasteiger partial charge in [0.2, 0.25) is 0 Å². The number of carbonyl (C=O) groups is 2. The lowest BCUT2D eigenvalue weighted by molar-refractivity contribution is -0.135. The van der Waals surface area contributed by atoms with Gasteiger partial charge < -0.3 is 10.0 Å². The van der Waals surface area contributed by atoms with Crippen LogP contribution in [-0.2, 0) is 4.79 Å². The molecule has 0 bridgehead atoms. The van der Waals surface area contributed by atoms with Crippen molar-refractivity contribution in [3.05, 3.63) is 29.3 Å². The van der Waals surface area contributed by atoms with Gasteiger partial charge in [-0.15, -0.1) is 0 Å². The second-order valence-corrected chi connectivity index (χ2v) is 5.37. The molecule has 1 saturated carbocycles. The molecule has 0 aromatic heterocycles. The zero-order chi connectivity index (χ0) is 14.7. The highest BCUT2D eigenvalue weighted by atomic mass is 35.5. The summed E-state index contributed by atoms with van der Waals surface area (Å²) in [4.78, 5) is 26.3. The summed E-state index contributed by atoms with van der Waals surface area (Å²) in [7, 11) is 1.71. The van der Waals surface area contributed by atoms with Gasteiger partial charge in [-0.05, 0) is 37.5 Å². The van der Waals surface area contributed by atoms with Crippen LogP contribution in [0.25, 0.3) is 0 Å². The molecule has 1 fully saturated rings. The summed E-state index contributed by atoms with van der Waals surface area (Å²) in [6.45, 7) is -0.379. The molecule has 1 aliphatic carbocycles. The molecule has 0 saturated heterocycles. The Morgan fingerprint density at radius 2 is 2.10 bits per heavy atom. The summed E-state index contributed by atoms with van der Waals surface area (Å²) in [6, 6.07) is 6.56. The molecule has 108 valence electrons. The van der Waals surface area contributed by atoms with Crippen LogP contribution >= 0.6 is 11.6 Å². The van der Waals surface area contributed by atoms with E-state index in [1.54, 1.807) is 36.2 Å². The van der Waals surface area contributed by atoms with Crippen LogP contribution in [0.1, 0.15) is 19.3 Å². The lowest BCUT2D eigenvalue weighted by Gasteiger charge is -2.37. The normalized spacial score (nSPS) is 14.5. The van der Waals surface area contributed by atoms with Crippen molar-refractivity contribution in [3.8, 4) is 0 Å². The Morgan fingerprint density at radius 1 is 1.40 bits per heavy atom. The molecule has 0 heterocycles. The lowest BCUT2D eigenvalue weighted by Crippen LogP contribution is -2.50. The van der Waals surface area contributed by atoms with Crippen LogP contribution in [0.2, 0.25) is 5.02 Å². The van der Waals surface area contributed by atoms with E-state index in [-0.39, 0.29) is 18.6 Å². The Hall–Kier alpha value is -1.75. The third kappa shape index (κ3) is 3.22. The van der Waals surface area contributed by atoms with Crippen LogP contribution < -0.4 is 4.90 Å². The largest absolute Gasteiger partial charge is 0.480 e. The maximum atomic E-state index is 12.5. The molecule has 20 heavy (non-hydrogen) atoms. The van der Waals surface area contributed by atoms with Gasteiger partial charge in [0.1, 0.15) is 6.54 Å². The highest BCUT2D eigenvalue weighted by molar-refractivity contribution is 6.30. The number of carboxylic acid groups (broad SMARTS) is 1. The van der Waals surface area contributed by atoms with Crippen LogP contribution in [-0.4, -0.2) is 41.6 Å². The van der Waals surface area contributed by atoms with Crippen LogP contribution in [0.4, 0.5) is 10.5 Å². The number of aliphatic carboxylic acids is 1. The molecule has 0 aliphatic heterocycles. The van der Waals surface area contributed by atoms with Crippen molar-refractivity contribution in [3.63, 3.8) is 0 Å². The van der Waals surface area contributed by atoms with Crippen molar-refractivity contribution in [1.29, 1.82) is 0 Å². The van der Waals surface area contributed by atoms with Crippen molar-refractivity contribution in [2.75, 3.05) is 18.5 Å². The molecule has 1 aromatic carbocycles. The lowest BCUT2D eigenvalue weighted by atomic mass is 9.92. The van der Waals surface area contributed by atoms with Crippen molar-refractivity contribution >= 4 is 29.3 Å². The van der Waals surface area contributed by atoms with E-state index in [1.807, 2.05) is 0 Å². The third-order valence-corrected chi connectivity index (χ3v) is 3.80. The fraction of sp³-hybridized carbons (Fsp3) is 0.429. The highest BCUT2D eigenvalue weighted by Crippen LogP contribution is 2.26. The quantitative estimate of drug-likeness (QED) is 0.929. The summed E-state index contributed by atoms with van der Waals surface area (Å²) in [6.07, 6.45) is 3.05. The molecule has 0 radical (unpaired) electrons. The van der Waals surface area contributed by atoms with E-state index in [0.29, 0.717) is 10.7 Å². The Bertz CT molecular complexity index is 517. The fourth-order valence-corrected chi connectivity index (χ4v) is 2.35. The van der Waals surface area contributed by atoms with E-state index in [1.165, 1.54) is 4.90 Å². The summed E-state index contributed by atoms with van der Waals surface area (Å²) in [5, 5.41) is 9.48. The molecule has 0 atom stereocenters. The number of hydrogen-bond donors (Lipinski definition) is 1. The molecule has 2 amide bonds. The minimum Gasteiger partial charge on any atom is -0.480 e. The van der Waals surface area contributed by atoms with Crippen LogP contribution in [0.5, 0.6) is 0 Å². The molecule has 0 unspecified atom stereocenters. The molecule has 2 rings (SSSR count). The first-order chi connectivity index (χ1) is 9.49. The second-order valence-electron chi connectivity index (χ2n) is 4.94. The van der Waals surface area contributed by atoms with E-state index in [0.717, 1.165) is 19.3 Å². The van der Waals surface area contributed by atoms with Gasteiger partial charge >= 0.3 is 12.0 Å². The zero-order valence-electron chi connectivity index (χ0n) is 11.3. The standard InChI is InChI=1S/C14H17ClN2O3/c1-16(11-5-3-6-11)14(20)17(9-13(18)19)12-7-2-4-10(15)8-12/h2,4,7-8,11H,3,5-6,9H2,1H3,(H,18,19). The molecule has 1 aliphatic rings. The summed E-state index contributed by atoms with van der Waals surface area (Å²) < 4.78 is 0. The number of nitrogens with zero attached hydrogens (tertiary/aromatic N) is 2. The van der Waals surface area contributed by atoms with Crippen molar-refractivity contribution in [1.82, 2.24) is 4.90 Å². The molecular formula is C14H17ClN2O3. The van der Waals surface area contributed by atoms with Gasteiger partial charge in [0.15, 0.2) is 0 Å². The predicted octanol–water partition coefficient (Wildman–Crippen LogP) is 2.84. The minimum atomic E-state index is -1.06. The van der Waals surface area contributed by atoms with E-state index in [9.17, 15) is 9.59 Å². The molecule has 1 N–H and O–H groups in total. The Morgan fingerprint density at radius 3 is 2.60 bits per heavy atom. The van der Waals surface area contributed by atoms with Crippen molar-refractivity contribution in [2.24, 2.45) is 0 Å². The SMILES string of the molecule is CN(C(=O)N(CC(=O)O)c1cccc(Cl)c1)C1CCC1. The minimum absolute atomic E-state index is 0.206. The number of halogens is 1. The number of rotatable bonds is 4. The maximum absolute atomic E-state index is 12.5. The van der Waals surface area contributed by atoms with Gasteiger partial charge in [-0.25, -0.2) is 4.79 Å². The van der Waals surface area contributed by atoms with Gasteiger partial charge in [-0.1, -0.05) is 17.7 Å². The fourth-order valence-electron chi connectivity index (χ4n) is 2.17. The van der Waals surface area contributed by atoms with Crippen LogP contribution in [0.3, 0.4) is 0 Å². The van der Waals surface area contributed by atoms with Gasteiger partial charge in [0.05, 0.1) is 0 Å². The number of benzene rings is 1. The molecule has 5 nitrogen and oxygen atoms in total. The summed E-state index contributed by atoms with van der Waals surface area (Å²) >= 11 is 5.91. The van der Waals surface area contributed by atoms with Gasteiger partial charge in [0.25, 0.3) is 0 Å². The predicted molar refractivity (Wildman–Crippen MR) is 77.2 cm³/mol. The maximum Gasteiger partial charge on any atom is 0.325 e. The number of anilines is 1. The van der Waals surface area contributed by atoms with E-state index < -0.39 is 5.97 Å². The van der Waals surface area contributed by atoms with Gasteiger partial charge in [0, 0.05) is 23.8 Å². The smallest absolute Gasteiger partial charge is 0.325 e. The number of urea groups is 1. The molecular weight excluding hydrogens is 280 g/mol. The third-order valence-electron chi connectivity index (χ3n) is 3.57. The van der Waals surface area contributed by atoms with E-state index >= 15 is 0 Å². The molecule has 1 aromatic rings. The van der Waals surface area contributed by atoms with E-state index in [2.05, 4.69) is 0 Å². The topological polar surface area (TPSA) is 60.9 Å². The highest BCUT2D eigenvalue weighted by Gasteiger charge is 2.30. The zero-order valence-corrected chi connectivity index (χ0v) is 12.0. The Labute approximate surface area is 122 Å². The number of carboxylic acids is 1. The number of amides is 2. The molecule has 0 spiro atoms. The van der Waals surface area contributed by atoms with Gasteiger partial charge in [-0.3, -0.25) is 9.69 Å². The number of carbonyl (C=O) groups excluding carboxylic acids is 1. The van der Waals surface area contributed by atoms with Crippen molar-refractivity contribution in [2.45, 2.75) is 25.3 Å². The summed E-state index contributed by atoms with van der Waals surface area (Å²) in [5.41, 5.74) is 0.496. The number of hydrogen-bond acceptors (Lipinski definition) is 2. The monoisotopic (exact) mass is 296 g/mol. The van der Waals surface area contributed by atoms with Crippen molar-refractivity contribution < 1.29 is 14.7 Å². The first-order valence-corrected chi connectivity index (χ1v) is 6.88. The second kappa shape index (κ2) is 6.13. The Balaban J connectivity index is 2.22. The van der Waals surface area contributed by atoms with E-state index in [4.69, 9.17) is 16.7 Å². The summed E-state index contributed by atoms with van der Waals surface area (Å²) in [5.74, 6) is -1.06. The molecule has 6 heteroatoms. The average molecular weight is 297 g/mol. The van der Waals surface area contributed by atoms with Gasteiger partial charge in [-0.2, -0.15) is 0 Å². The first kappa shape index (κ1) is 14.7. The Kier molecular flexibility index (Phi) is 4.49. The first-order valence-electron chi connectivity index (χ1n) is 6.50. The van der Waals surface area contributed by atoms with Crippen LogP contribution in [0, 0.1) is 0 Å². The van der Waals surface area contributed by atoms with Crippen LogP contribution in [0.15, 0.2) is 24.3 Å². The average Bonchev–Trinajstić information content (AvgIpc) is 2.32.